The lowest BCUT2D eigenvalue weighted by Crippen LogP contribution is -2.29. The van der Waals surface area contributed by atoms with Gasteiger partial charge in [0.05, 0.1) is 11.2 Å². The molecule has 0 bridgehead atoms. The molecule has 4 aromatic rings. The zero-order valence-corrected chi connectivity index (χ0v) is 15.9. The van der Waals surface area contributed by atoms with Crippen LogP contribution in [0.25, 0.3) is 16.7 Å². The zero-order chi connectivity index (χ0) is 19.8. The molecule has 28 heavy (non-hydrogen) atoms. The van der Waals surface area contributed by atoms with E-state index in [1.165, 1.54) is 9.08 Å². The van der Waals surface area contributed by atoms with Crippen molar-refractivity contribution in [2.45, 2.75) is 13.5 Å². The van der Waals surface area contributed by atoms with E-state index in [9.17, 15) is 9.59 Å². The molecule has 0 aliphatic rings. The van der Waals surface area contributed by atoms with Crippen molar-refractivity contribution in [1.29, 1.82) is 0 Å². The van der Waals surface area contributed by atoms with Gasteiger partial charge in [-0.2, -0.15) is 5.10 Å². The molecule has 0 aliphatic heterocycles. The van der Waals surface area contributed by atoms with E-state index in [2.05, 4.69) is 15.4 Å². The Bertz CT molecular complexity index is 1240. The van der Waals surface area contributed by atoms with Crippen molar-refractivity contribution in [2.24, 2.45) is 0 Å². The van der Waals surface area contributed by atoms with E-state index in [0.29, 0.717) is 28.1 Å². The van der Waals surface area contributed by atoms with Crippen molar-refractivity contribution in [1.82, 2.24) is 19.2 Å². The standard InChI is InChI=1S/C20H20N6O2/c1-13-11-17-20(28)25(16-5-4-10-21-19(16)26(17)23-13)12-18(27)22-14-6-8-15(9-7-14)24(2)3/h4-11H,12H2,1-3H3,(H,22,27). The van der Waals surface area contributed by atoms with Crippen LogP contribution in [0.3, 0.4) is 0 Å². The average Bonchev–Trinajstić information content (AvgIpc) is 3.07. The van der Waals surface area contributed by atoms with E-state index >= 15 is 0 Å². The highest BCUT2D eigenvalue weighted by atomic mass is 16.2. The minimum Gasteiger partial charge on any atom is -0.378 e. The predicted octanol–water partition coefficient (Wildman–Crippen LogP) is 2.06. The topological polar surface area (TPSA) is 84.5 Å². The molecule has 0 saturated heterocycles. The first kappa shape index (κ1) is 17.7. The summed E-state index contributed by atoms with van der Waals surface area (Å²) < 4.78 is 2.96. The summed E-state index contributed by atoms with van der Waals surface area (Å²) in [5.74, 6) is -0.287. The number of anilines is 2. The minimum absolute atomic E-state index is 0.114. The smallest absolute Gasteiger partial charge is 0.277 e. The molecule has 0 unspecified atom stereocenters. The first-order chi connectivity index (χ1) is 13.4. The van der Waals surface area contributed by atoms with Gasteiger partial charge in [0.25, 0.3) is 5.56 Å². The summed E-state index contributed by atoms with van der Waals surface area (Å²) >= 11 is 0. The molecule has 3 aromatic heterocycles. The molecule has 0 radical (unpaired) electrons. The summed E-state index contributed by atoms with van der Waals surface area (Å²) in [6.07, 6.45) is 1.64. The molecule has 1 amide bonds. The number of hydrogen-bond donors (Lipinski definition) is 1. The first-order valence-electron chi connectivity index (χ1n) is 8.85. The Labute approximate surface area is 161 Å². The number of amides is 1. The Morgan fingerprint density at radius 3 is 2.61 bits per heavy atom. The number of fused-ring (bicyclic) bond motifs is 3. The predicted molar refractivity (Wildman–Crippen MR) is 109 cm³/mol. The van der Waals surface area contributed by atoms with Crippen molar-refractivity contribution in [3.63, 3.8) is 0 Å². The number of nitrogens with zero attached hydrogens (tertiary/aromatic N) is 5. The average molecular weight is 376 g/mol. The Morgan fingerprint density at radius 1 is 1.14 bits per heavy atom. The Balaban J connectivity index is 1.69. The van der Waals surface area contributed by atoms with Crippen LogP contribution in [-0.4, -0.2) is 39.2 Å². The van der Waals surface area contributed by atoms with E-state index in [-0.39, 0.29) is 18.0 Å². The van der Waals surface area contributed by atoms with Gasteiger partial charge < -0.3 is 10.2 Å². The highest BCUT2D eigenvalue weighted by molar-refractivity contribution is 5.91. The molecular formula is C20H20N6O2. The van der Waals surface area contributed by atoms with Crippen molar-refractivity contribution >= 4 is 34.0 Å². The van der Waals surface area contributed by atoms with E-state index in [1.54, 1.807) is 24.4 Å². The third-order valence-corrected chi connectivity index (χ3v) is 4.52. The van der Waals surface area contributed by atoms with Gasteiger partial charge in [0.2, 0.25) is 5.91 Å². The summed E-state index contributed by atoms with van der Waals surface area (Å²) in [6.45, 7) is 1.70. The summed E-state index contributed by atoms with van der Waals surface area (Å²) in [6, 6.07) is 12.7. The lowest BCUT2D eigenvalue weighted by atomic mass is 10.2. The van der Waals surface area contributed by atoms with Gasteiger partial charge in [0.1, 0.15) is 12.1 Å². The van der Waals surface area contributed by atoms with Crippen molar-refractivity contribution < 1.29 is 4.79 Å². The molecular weight excluding hydrogens is 356 g/mol. The van der Waals surface area contributed by atoms with Crippen LogP contribution in [0.5, 0.6) is 0 Å². The van der Waals surface area contributed by atoms with Crippen LogP contribution in [0, 0.1) is 6.92 Å². The van der Waals surface area contributed by atoms with E-state index < -0.39 is 0 Å². The van der Waals surface area contributed by atoms with Crippen molar-refractivity contribution in [2.75, 3.05) is 24.3 Å². The molecule has 4 rings (SSSR count). The molecule has 8 nitrogen and oxygen atoms in total. The number of rotatable bonds is 4. The maximum Gasteiger partial charge on any atom is 0.277 e. The summed E-state index contributed by atoms with van der Waals surface area (Å²) in [5, 5.41) is 7.19. The van der Waals surface area contributed by atoms with Crippen LogP contribution < -0.4 is 15.8 Å². The van der Waals surface area contributed by atoms with Gasteiger partial charge in [-0.15, -0.1) is 0 Å². The number of pyridine rings is 1. The number of aryl methyl sites for hydroxylation is 1. The van der Waals surface area contributed by atoms with Crippen LogP contribution in [0.2, 0.25) is 0 Å². The third kappa shape index (κ3) is 3.09. The largest absolute Gasteiger partial charge is 0.378 e. The number of hydrogen-bond acceptors (Lipinski definition) is 5. The fourth-order valence-corrected chi connectivity index (χ4v) is 3.17. The quantitative estimate of drug-likeness (QED) is 0.589. The lowest BCUT2D eigenvalue weighted by molar-refractivity contribution is -0.116. The highest BCUT2D eigenvalue weighted by Crippen LogP contribution is 2.16. The first-order valence-corrected chi connectivity index (χ1v) is 8.85. The molecule has 1 aromatic carbocycles. The molecule has 3 heterocycles. The Hall–Kier alpha value is -3.68. The minimum atomic E-state index is -0.287. The van der Waals surface area contributed by atoms with E-state index in [1.807, 2.05) is 50.2 Å². The molecule has 0 spiro atoms. The molecule has 0 fully saturated rings. The molecule has 0 aliphatic carbocycles. The maximum absolute atomic E-state index is 13.0. The van der Waals surface area contributed by atoms with Crippen LogP contribution in [0.1, 0.15) is 5.69 Å². The maximum atomic E-state index is 13.0. The van der Waals surface area contributed by atoms with Crippen LogP contribution in [0.15, 0.2) is 53.5 Å². The molecule has 142 valence electrons. The Kier molecular flexibility index (Phi) is 4.31. The van der Waals surface area contributed by atoms with Gasteiger partial charge in [-0.05, 0) is 49.4 Å². The fourth-order valence-electron chi connectivity index (χ4n) is 3.17. The van der Waals surface area contributed by atoms with E-state index in [4.69, 9.17) is 0 Å². The van der Waals surface area contributed by atoms with Gasteiger partial charge in [0, 0.05) is 31.7 Å². The van der Waals surface area contributed by atoms with Crippen LogP contribution >= 0.6 is 0 Å². The normalized spacial score (nSPS) is 11.1. The summed E-state index contributed by atoms with van der Waals surface area (Å²) in [7, 11) is 3.90. The molecule has 0 saturated carbocycles. The van der Waals surface area contributed by atoms with Gasteiger partial charge >= 0.3 is 0 Å². The molecule has 0 atom stereocenters. The Morgan fingerprint density at radius 2 is 1.89 bits per heavy atom. The number of nitrogens with one attached hydrogen (secondary N) is 1. The second kappa shape index (κ2) is 6.80. The lowest BCUT2D eigenvalue weighted by Gasteiger charge is -2.14. The van der Waals surface area contributed by atoms with Crippen LogP contribution in [-0.2, 0) is 11.3 Å². The van der Waals surface area contributed by atoms with Gasteiger partial charge in [-0.1, -0.05) is 0 Å². The van der Waals surface area contributed by atoms with Crippen LogP contribution in [0.4, 0.5) is 11.4 Å². The number of carbonyl (C=O) groups is 1. The third-order valence-electron chi connectivity index (χ3n) is 4.52. The summed E-state index contributed by atoms with van der Waals surface area (Å²) in [5.41, 5.74) is 3.63. The second-order valence-electron chi connectivity index (χ2n) is 6.81. The fraction of sp³-hybridized carbons (Fsp3) is 0.200. The van der Waals surface area contributed by atoms with E-state index in [0.717, 1.165) is 5.69 Å². The molecule has 8 heteroatoms. The van der Waals surface area contributed by atoms with Gasteiger partial charge in [-0.3, -0.25) is 14.2 Å². The number of aromatic nitrogens is 4. The highest BCUT2D eigenvalue weighted by Gasteiger charge is 2.15. The van der Waals surface area contributed by atoms with Crippen molar-refractivity contribution in [3.05, 3.63) is 64.7 Å². The zero-order valence-electron chi connectivity index (χ0n) is 15.9. The SMILES string of the molecule is Cc1cc2c(=O)n(CC(=O)Nc3ccc(N(C)C)cc3)c3cccnc3n2n1. The molecule has 1 N–H and O–H groups in total. The van der Waals surface area contributed by atoms with Gasteiger partial charge in [0.15, 0.2) is 5.65 Å². The number of carbonyl (C=O) groups excluding carboxylic acids is 1. The van der Waals surface area contributed by atoms with Crippen molar-refractivity contribution in [3.8, 4) is 0 Å². The monoisotopic (exact) mass is 376 g/mol. The van der Waals surface area contributed by atoms with Gasteiger partial charge in [-0.25, -0.2) is 9.50 Å². The second-order valence-corrected chi connectivity index (χ2v) is 6.81. The summed E-state index contributed by atoms with van der Waals surface area (Å²) in [4.78, 5) is 31.9. The number of benzene rings is 1.